The quantitative estimate of drug-likeness (QED) is 0.783. The predicted octanol–water partition coefficient (Wildman–Crippen LogP) is 3.07. The van der Waals surface area contributed by atoms with Gasteiger partial charge in [0, 0.05) is 4.47 Å². The van der Waals surface area contributed by atoms with Gasteiger partial charge < -0.3 is 4.74 Å². The molecule has 2 aromatic rings. The summed E-state index contributed by atoms with van der Waals surface area (Å²) in [4.78, 5) is 1.09. The summed E-state index contributed by atoms with van der Waals surface area (Å²) < 4.78 is 8.34. The summed E-state index contributed by atoms with van der Waals surface area (Å²) >= 11 is 5.16. The maximum atomic E-state index is 5.36. The van der Waals surface area contributed by atoms with Gasteiger partial charge in [-0.25, -0.2) is 4.68 Å². The fourth-order valence-electron chi connectivity index (χ4n) is 1.82. The molecule has 1 aromatic carbocycles. The molecule has 0 amide bonds. The first-order valence-electron chi connectivity index (χ1n) is 6.01. The standard InChI is InChI=1S/C12H13BrN4OS/c1-18-10-5-2-8(13)6-11(10)19-7-12-14-15-16-17(12)9-3-4-9/h2,5-6,9H,3-4,7H2,1H3. The Hall–Kier alpha value is -1.08. The van der Waals surface area contributed by atoms with Gasteiger partial charge in [-0.15, -0.1) is 16.9 Å². The summed E-state index contributed by atoms with van der Waals surface area (Å²) in [5.74, 6) is 2.55. The number of hydrogen-bond acceptors (Lipinski definition) is 5. The number of thioether (sulfide) groups is 1. The van der Waals surface area contributed by atoms with Gasteiger partial charge in [0.05, 0.1) is 23.8 Å². The van der Waals surface area contributed by atoms with Gasteiger partial charge in [-0.05, 0) is 41.5 Å². The van der Waals surface area contributed by atoms with E-state index in [9.17, 15) is 0 Å². The third-order valence-corrected chi connectivity index (χ3v) is 4.46. The average Bonchev–Trinajstić information content (AvgIpc) is 3.15. The maximum Gasteiger partial charge on any atom is 0.161 e. The lowest BCUT2D eigenvalue weighted by Gasteiger charge is -2.08. The summed E-state index contributed by atoms with van der Waals surface area (Å²) in [5, 5.41) is 11.9. The van der Waals surface area contributed by atoms with Crippen LogP contribution in [0.5, 0.6) is 5.75 Å². The van der Waals surface area contributed by atoms with Crippen LogP contribution in [0.3, 0.4) is 0 Å². The minimum Gasteiger partial charge on any atom is -0.496 e. The van der Waals surface area contributed by atoms with Crippen molar-refractivity contribution < 1.29 is 4.74 Å². The van der Waals surface area contributed by atoms with Crippen molar-refractivity contribution in [2.45, 2.75) is 29.5 Å². The number of tetrazole rings is 1. The van der Waals surface area contributed by atoms with Gasteiger partial charge in [0.15, 0.2) is 5.82 Å². The average molecular weight is 341 g/mol. The number of methoxy groups -OCH3 is 1. The Morgan fingerprint density at radius 2 is 2.32 bits per heavy atom. The molecular formula is C12H13BrN4OS. The van der Waals surface area contributed by atoms with Gasteiger partial charge >= 0.3 is 0 Å². The lowest BCUT2D eigenvalue weighted by atomic mass is 10.3. The lowest BCUT2D eigenvalue weighted by molar-refractivity contribution is 0.404. The summed E-state index contributed by atoms with van der Waals surface area (Å²) in [6.45, 7) is 0. The van der Waals surface area contributed by atoms with E-state index in [1.54, 1.807) is 18.9 Å². The number of hydrogen-bond donors (Lipinski definition) is 0. The van der Waals surface area contributed by atoms with Crippen molar-refractivity contribution in [1.29, 1.82) is 0 Å². The second kappa shape index (κ2) is 5.50. The van der Waals surface area contributed by atoms with Gasteiger partial charge in [0.2, 0.25) is 0 Å². The Morgan fingerprint density at radius 3 is 3.05 bits per heavy atom. The van der Waals surface area contributed by atoms with Crippen LogP contribution in [0, 0.1) is 0 Å². The minimum absolute atomic E-state index is 0.509. The monoisotopic (exact) mass is 340 g/mol. The number of ether oxygens (including phenoxy) is 1. The van der Waals surface area contributed by atoms with E-state index in [1.165, 1.54) is 12.8 Å². The molecule has 5 nitrogen and oxygen atoms in total. The Labute approximate surface area is 123 Å². The van der Waals surface area contributed by atoms with Gasteiger partial charge in [0.25, 0.3) is 0 Å². The van der Waals surface area contributed by atoms with Crippen LogP contribution in [-0.2, 0) is 5.75 Å². The first-order valence-corrected chi connectivity index (χ1v) is 7.79. The largest absolute Gasteiger partial charge is 0.496 e. The van der Waals surface area contributed by atoms with E-state index >= 15 is 0 Å². The fourth-order valence-corrected chi connectivity index (χ4v) is 3.31. The van der Waals surface area contributed by atoms with Crippen molar-refractivity contribution in [2.24, 2.45) is 0 Å². The van der Waals surface area contributed by atoms with Gasteiger partial charge in [-0.3, -0.25) is 0 Å². The second-order valence-electron chi connectivity index (χ2n) is 4.35. The molecule has 7 heteroatoms. The van der Waals surface area contributed by atoms with E-state index in [0.717, 1.165) is 26.7 Å². The van der Waals surface area contributed by atoms with Crippen LogP contribution in [0.4, 0.5) is 0 Å². The molecule has 0 atom stereocenters. The molecule has 1 fully saturated rings. The van der Waals surface area contributed by atoms with Crippen LogP contribution in [0.25, 0.3) is 0 Å². The maximum absolute atomic E-state index is 5.36. The van der Waals surface area contributed by atoms with Crippen LogP contribution in [0.2, 0.25) is 0 Å². The van der Waals surface area contributed by atoms with Gasteiger partial charge in [-0.2, -0.15) is 0 Å². The van der Waals surface area contributed by atoms with Crippen molar-refractivity contribution in [2.75, 3.05) is 7.11 Å². The topological polar surface area (TPSA) is 52.8 Å². The van der Waals surface area contributed by atoms with Crippen molar-refractivity contribution in [3.05, 3.63) is 28.5 Å². The fraction of sp³-hybridized carbons (Fsp3) is 0.417. The summed E-state index contributed by atoms with van der Waals surface area (Å²) in [7, 11) is 1.68. The predicted molar refractivity (Wildman–Crippen MR) is 76.3 cm³/mol. The minimum atomic E-state index is 0.509. The zero-order chi connectivity index (χ0) is 13.2. The number of rotatable bonds is 5. The first-order chi connectivity index (χ1) is 9.28. The first kappa shape index (κ1) is 12.9. The van der Waals surface area contributed by atoms with Crippen LogP contribution >= 0.6 is 27.7 Å². The summed E-state index contributed by atoms with van der Waals surface area (Å²) in [5.41, 5.74) is 0. The number of halogens is 1. The highest BCUT2D eigenvalue weighted by Gasteiger charge is 2.27. The molecule has 3 rings (SSSR count). The summed E-state index contributed by atoms with van der Waals surface area (Å²) in [6.07, 6.45) is 2.37. The van der Waals surface area contributed by atoms with E-state index in [1.807, 2.05) is 16.8 Å². The molecule has 19 heavy (non-hydrogen) atoms. The molecule has 1 aliphatic carbocycles. The van der Waals surface area contributed by atoms with Crippen molar-refractivity contribution in [3.63, 3.8) is 0 Å². The molecule has 0 spiro atoms. The Balaban J connectivity index is 1.74. The van der Waals surface area contributed by atoms with Crippen molar-refractivity contribution in [3.8, 4) is 5.75 Å². The van der Waals surface area contributed by atoms with Crippen molar-refractivity contribution >= 4 is 27.7 Å². The number of aromatic nitrogens is 4. The number of nitrogens with zero attached hydrogens (tertiary/aromatic N) is 4. The molecule has 0 unspecified atom stereocenters. The highest BCUT2D eigenvalue weighted by molar-refractivity contribution is 9.10. The molecule has 1 aromatic heterocycles. The molecule has 1 saturated carbocycles. The SMILES string of the molecule is COc1ccc(Br)cc1SCc1nnnn1C1CC1. The van der Waals surface area contributed by atoms with E-state index in [2.05, 4.69) is 37.5 Å². The third-order valence-electron chi connectivity index (χ3n) is 2.94. The van der Waals surface area contributed by atoms with Gasteiger partial charge in [-0.1, -0.05) is 15.9 Å². The molecular weight excluding hydrogens is 328 g/mol. The third kappa shape index (κ3) is 2.92. The van der Waals surface area contributed by atoms with E-state index in [-0.39, 0.29) is 0 Å². The molecule has 0 aliphatic heterocycles. The molecule has 0 radical (unpaired) electrons. The molecule has 100 valence electrons. The zero-order valence-corrected chi connectivity index (χ0v) is 12.8. The Bertz CT molecular complexity index is 585. The molecule has 1 aliphatic rings. The Kier molecular flexibility index (Phi) is 3.74. The smallest absolute Gasteiger partial charge is 0.161 e. The molecule has 0 N–H and O–H groups in total. The van der Waals surface area contributed by atoms with Crippen LogP contribution in [-0.4, -0.2) is 27.3 Å². The van der Waals surface area contributed by atoms with E-state index < -0.39 is 0 Å². The highest BCUT2D eigenvalue weighted by atomic mass is 79.9. The van der Waals surface area contributed by atoms with Gasteiger partial charge in [0.1, 0.15) is 5.75 Å². The van der Waals surface area contributed by atoms with E-state index in [0.29, 0.717) is 6.04 Å². The zero-order valence-electron chi connectivity index (χ0n) is 10.4. The van der Waals surface area contributed by atoms with Crippen LogP contribution < -0.4 is 4.74 Å². The lowest BCUT2D eigenvalue weighted by Crippen LogP contribution is -2.02. The number of benzene rings is 1. The van der Waals surface area contributed by atoms with Crippen LogP contribution in [0.1, 0.15) is 24.7 Å². The highest BCUT2D eigenvalue weighted by Crippen LogP contribution is 2.37. The summed E-state index contributed by atoms with van der Waals surface area (Å²) in [6, 6.07) is 6.48. The normalized spacial score (nSPS) is 14.6. The van der Waals surface area contributed by atoms with Crippen LogP contribution in [0.15, 0.2) is 27.6 Å². The molecule has 1 heterocycles. The Morgan fingerprint density at radius 1 is 1.47 bits per heavy atom. The second-order valence-corrected chi connectivity index (χ2v) is 6.29. The molecule has 0 saturated heterocycles. The van der Waals surface area contributed by atoms with E-state index in [4.69, 9.17) is 4.74 Å². The molecule has 0 bridgehead atoms. The van der Waals surface area contributed by atoms with Crippen molar-refractivity contribution in [1.82, 2.24) is 20.2 Å².